The number of aryl methyl sites for hydroxylation is 1. The van der Waals surface area contributed by atoms with Gasteiger partial charge in [0.25, 0.3) is 0 Å². The first-order chi connectivity index (χ1) is 14.6. The average molecular weight is 440 g/mol. The number of aromatic amines is 1. The Hall–Kier alpha value is -2.30. The fourth-order valence-electron chi connectivity index (χ4n) is 4.82. The molecule has 0 saturated carbocycles. The monoisotopic (exact) mass is 439 g/mol. The molecule has 2 heterocycles. The lowest BCUT2D eigenvalue weighted by Crippen LogP contribution is -2.41. The van der Waals surface area contributed by atoms with Crippen molar-refractivity contribution in [2.24, 2.45) is 5.92 Å². The molecule has 0 bridgehead atoms. The third-order valence-electron chi connectivity index (χ3n) is 6.48. The Balaban J connectivity index is 1.31. The predicted octanol–water partition coefficient (Wildman–Crippen LogP) is 5.33. The molecule has 154 valence electrons. The quantitative estimate of drug-likeness (QED) is 0.596. The van der Waals surface area contributed by atoms with Crippen molar-refractivity contribution in [3.8, 4) is 11.1 Å². The zero-order chi connectivity index (χ0) is 20.7. The van der Waals surface area contributed by atoms with Gasteiger partial charge in [0.05, 0.1) is 6.20 Å². The Morgan fingerprint density at radius 1 is 1.07 bits per heavy atom. The predicted molar refractivity (Wildman–Crippen MR) is 120 cm³/mol. The van der Waals surface area contributed by atoms with E-state index in [1.165, 1.54) is 11.3 Å². The minimum atomic E-state index is -0.0617. The van der Waals surface area contributed by atoms with Gasteiger partial charge in [-0.05, 0) is 66.5 Å². The van der Waals surface area contributed by atoms with Crippen LogP contribution in [0.1, 0.15) is 29.7 Å². The Labute approximate surface area is 186 Å². The molecule has 4 nitrogen and oxygen atoms in total. The second kappa shape index (κ2) is 8.09. The van der Waals surface area contributed by atoms with Gasteiger partial charge in [-0.3, -0.25) is 9.89 Å². The van der Waals surface area contributed by atoms with Crippen molar-refractivity contribution < 1.29 is 4.79 Å². The zero-order valence-electron chi connectivity index (χ0n) is 16.6. The molecule has 0 radical (unpaired) electrons. The minimum absolute atomic E-state index is 0.0617. The zero-order valence-corrected chi connectivity index (χ0v) is 18.1. The number of rotatable bonds is 4. The van der Waals surface area contributed by atoms with Gasteiger partial charge in [0.2, 0.25) is 5.91 Å². The molecule has 1 aromatic heterocycles. The normalized spacial score (nSPS) is 21.1. The molecular formula is C24H23Cl2N3O. The third-order valence-corrected chi connectivity index (χ3v) is 7.16. The van der Waals surface area contributed by atoms with E-state index in [0.717, 1.165) is 48.9 Å². The lowest BCUT2D eigenvalue weighted by atomic mass is 9.92. The fourth-order valence-corrected chi connectivity index (χ4v) is 5.46. The van der Waals surface area contributed by atoms with Gasteiger partial charge in [-0.1, -0.05) is 53.5 Å². The maximum Gasteiger partial charge on any atom is 0.226 e. The Morgan fingerprint density at radius 2 is 1.83 bits per heavy atom. The molecule has 1 amide bonds. The molecule has 1 saturated heterocycles. The Kier molecular flexibility index (Phi) is 5.30. The number of fused-ring (bicyclic) bond motifs is 1. The lowest BCUT2D eigenvalue weighted by molar-refractivity contribution is -0.133. The molecular weight excluding hydrogens is 417 g/mol. The van der Waals surface area contributed by atoms with Crippen LogP contribution >= 0.6 is 23.2 Å². The number of amides is 1. The van der Waals surface area contributed by atoms with Gasteiger partial charge in [-0.25, -0.2) is 0 Å². The molecule has 1 aliphatic carbocycles. The molecule has 1 fully saturated rings. The number of hydrogen-bond donors (Lipinski definition) is 1. The van der Waals surface area contributed by atoms with E-state index in [1.54, 1.807) is 0 Å². The number of nitrogens with zero attached hydrogens (tertiary/aromatic N) is 2. The highest BCUT2D eigenvalue weighted by Crippen LogP contribution is 2.36. The summed E-state index contributed by atoms with van der Waals surface area (Å²) in [5.74, 6) is 0.166. The number of carbonyl (C=O) groups excluding carboxylic acids is 1. The number of benzene rings is 2. The molecule has 30 heavy (non-hydrogen) atoms. The van der Waals surface area contributed by atoms with Crippen LogP contribution in [0.2, 0.25) is 10.0 Å². The summed E-state index contributed by atoms with van der Waals surface area (Å²) in [6.07, 6.45) is 6.16. The van der Waals surface area contributed by atoms with Crippen molar-refractivity contribution in [1.29, 1.82) is 0 Å². The van der Waals surface area contributed by atoms with Gasteiger partial charge in [-0.15, -0.1) is 0 Å². The van der Waals surface area contributed by atoms with Crippen LogP contribution in [0, 0.1) is 5.92 Å². The van der Waals surface area contributed by atoms with Gasteiger partial charge in [-0.2, -0.15) is 5.10 Å². The Bertz CT molecular complexity index is 1060. The highest BCUT2D eigenvalue weighted by molar-refractivity contribution is 6.36. The van der Waals surface area contributed by atoms with Gasteiger partial charge in [0.15, 0.2) is 0 Å². The fraction of sp³-hybridized carbons (Fsp3) is 0.333. The van der Waals surface area contributed by atoms with Crippen molar-refractivity contribution in [2.45, 2.75) is 38.1 Å². The molecule has 0 spiro atoms. The van der Waals surface area contributed by atoms with E-state index in [-0.39, 0.29) is 17.9 Å². The van der Waals surface area contributed by atoms with Crippen molar-refractivity contribution in [1.82, 2.24) is 15.1 Å². The molecule has 2 aliphatic rings. The van der Waals surface area contributed by atoms with E-state index < -0.39 is 0 Å². The van der Waals surface area contributed by atoms with Crippen LogP contribution in [-0.2, 0) is 24.1 Å². The largest absolute Gasteiger partial charge is 0.339 e. The molecule has 5 rings (SSSR count). The SMILES string of the molecule is O=C1[C@H](Cc2c(Cl)cc(-c3ccccc3)cc2Cl)CCN1C1CCc2[nH]ncc2C1. The smallest absolute Gasteiger partial charge is 0.226 e. The van der Waals surface area contributed by atoms with Crippen molar-refractivity contribution in [3.05, 3.63) is 75.5 Å². The highest BCUT2D eigenvalue weighted by Gasteiger charge is 2.37. The number of nitrogens with one attached hydrogen (secondary N) is 1. The summed E-state index contributed by atoms with van der Waals surface area (Å²) < 4.78 is 0. The van der Waals surface area contributed by atoms with Gasteiger partial charge >= 0.3 is 0 Å². The summed E-state index contributed by atoms with van der Waals surface area (Å²) in [7, 11) is 0. The van der Waals surface area contributed by atoms with E-state index in [9.17, 15) is 4.79 Å². The number of hydrogen-bond acceptors (Lipinski definition) is 2. The van der Waals surface area contributed by atoms with Crippen LogP contribution < -0.4 is 0 Å². The lowest BCUT2D eigenvalue weighted by Gasteiger charge is -2.31. The second-order valence-corrected chi connectivity index (χ2v) is 9.09. The molecule has 6 heteroatoms. The third kappa shape index (κ3) is 3.63. The van der Waals surface area contributed by atoms with E-state index in [1.807, 2.05) is 48.7 Å². The van der Waals surface area contributed by atoms with Crippen LogP contribution in [0.25, 0.3) is 11.1 Å². The summed E-state index contributed by atoms with van der Waals surface area (Å²) in [5, 5.41) is 8.48. The maximum absolute atomic E-state index is 13.2. The average Bonchev–Trinajstić information content (AvgIpc) is 3.37. The van der Waals surface area contributed by atoms with E-state index in [0.29, 0.717) is 16.5 Å². The Morgan fingerprint density at radius 3 is 2.60 bits per heavy atom. The van der Waals surface area contributed by atoms with Crippen LogP contribution in [0.3, 0.4) is 0 Å². The van der Waals surface area contributed by atoms with Crippen LogP contribution in [0.15, 0.2) is 48.7 Å². The highest BCUT2D eigenvalue weighted by atomic mass is 35.5. The van der Waals surface area contributed by atoms with Crippen LogP contribution in [0.5, 0.6) is 0 Å². The van der Waals surface area contributed by atoms with Crippen LogP contribution in [-0.4, -0.2) is 33.6 Å². The second-order valence-electron chi connectivity index (χ2n) is 8.28. The number of H-pyrrole nitrogens is 1. The number of aromatic nitrogens is 2. The first-order valence-corrected chi connectivity index (χ1v) is 11.2. The summed E-state index contributed by atoms with van der Waals surface area (Å²) in [6.45, 7) is 0.804. The number of halogens is 2. The minimum Gasteiger partial charge on any atom is -0.339 e. The molecule has 1 N–H and O–H groups in total. The van der Waals surface area contributed by atoms with E-state index in [4.69, 9.17) is 23.2 Å². The van der Waals surface area contributed by atoms with Gasteiger partial charge in [0.1, 0.15) is 0 Å². The van der Waals surface area contributed by atoms with Crippen molar-refractivity contribution in [3.63, 3.8) is 0 Å². The summed E-state index contributed by atoms with van der Waals surface area (Å²) in [4.78, 5) is 15.3. The molecule has 3 aromatic rings. The molecule has 1 aliphatic heterocycles. The van der Waals surface area contributed by atoms with E-state index >= 15 is 0 Å². The molecule has 2 atom stereocenters. The summed E-state index contributed by atoms with van der Waals surface area (Å²) >= 11 is 13.2. The van der Waals surface area contributed by atoms with Gasteiger partial charge in [0, 0.05) is 34.2 Å². The first-order valence-electron chi connectivity index (χ1n) is 10.4. The summed E-state index contributed by atoms with van der Waals surface area (Å²) in [5.41, 5.74) is 5.40. The van der Waals surface area contributed by atoms with Crippen molar-refractivity contribution in [2.75, 3.05) is 6.54 Å². The maximum atomic E-state index is 13.2. The molecule has 1 unspecified atom stereocenters. The number of likely N-dealkylation sites (tertiary alicyclic amines) is 1. The van der Waals surface area contributed by atoms with Gasteiger partial charge < -0.3 is 4.90 Å². The van der Waals surface area contributed by atoms with Crippen molar-refractivity contribution >= 4 is 29.1 Å². The first kappa shape index (κ1) is 19.7. The topological polar surface area (TPSA) is 49.0 Å². The van der Waals surface area contributed by atoms with E-state index in [2.05, 4.69) is 15.1 Å². The van der Waals surface area contributed by atoms with Crippen LogP contribution in [0.4, 0.5) is 0 Å². The summed E-state index contributed by atoms with van der Waals surface area (Å²) in [6, 6.07) is 14.2. The molecule has 2 aromatic carbocycles. The standard InChI is InChI=1S/C24H23Cl2N3O/c25-21-12-17(15-4-2-1-3-5-15)13-22(26)20(21)11-16-8-9-29(24(16)30)19-6-7-23-18(10-19)14-27-28-23/h1-5,12-14,16,19H,6-11H2,(H,27,28)/t16-,19?/m0/s1. The number of carbonyl (C=O) groups is 1.